The van der Waals surface area contributed by atoms with Crippen LogP contribution in [0.5, 0.6) is 0 Å². The molecule has 0 saturated carbocycles. The fraction of sp³-hybridized carbons (Fsp3) is 0.0833. The minimum atomic E-state index is -0.180. The van der Waals surface area contributed by atoms with Gasteiger partial charge < -0.3 is 5.73 Å². The van der Waals surface area contributed by atoms with E-state index in [2.05, 4.69) is 15.1 Å². The molecule has 0 radical (unpaired) electrons. The molecule has 2 heterocycles. The average molecular weight is 241 g/mol. The Labute approximate surface area is 102 Å². The molecule has 6 heteroatoms. The van der Waals surface area contributed by atoms with Gasteiger partial charge in [0.05, 0.1) is 0 Å². The van der Waals surface area contributed by atoms with E-state index >= 15 is 0 Å². The van der Waals surface area contributed by atoms with Gasteiger partial charge in [-0.05, 0) is 19.1 Å². The van der Waals surface area contributed by atoms with Crippen molar-refractivity contribution in [2.45, 2.75) is 6.92 Å². The molecule has 0 bridgehead atoms. The van der Waals surface area contributed by atoms with Crippen LogP contribution in [0.15, 0.2) is 35.1 Å². The molecule has 3 aromatic rings. The molecule has 0 amide bonds. The maximum Gasteiger partial charge on any atom is 0.274 e. The summed E-state index contributed by atoms with van der Waals surface area (Å²) in [5, 5.41) is 2.91. The van der Waals surface area contributed by atoms with Gasteiger partial charge in [-0.3, -0.25) is 9.89 Å². The first-order valence-electron chi connectivity index (χ1n) is 5.46. The Morgan fingerprint density at radius 2 is 2.11 bits per heavy atom. The van der Waals surface area contributed by atoms with E-state index in [4.69, 9.17) is 5.73 Å². The number of aromatic amines is 1. The Kier molecular flexibility index (Phi) is 2.16. The average Bonchev–Trinajstić information content (AvgIpc) is 2.73. The third-order valence-corrected chi connectivity index (χ3v) is 2.62. The van der Waals surface area contributed by atoms with Crippen LogP contribution in [0.3, 0.4) is 0 Å². The van der Waals surface area contributed by atoms with E-state index in [-0.39, 0.29) is 5.56 Å². The van der Waals surface area contributed by atoms with Gasteiger partial charge in [-0.25, -0.2) is 4.98 Å². The van der Waals surface area contributed by atoms with E-state index in [0.29, 0.717) is 23.0 Å². The Morgan fingerprint density at radius 3 is 2.89 bits per heavy atom. The molecule has 3 N–H and O–H groups in total. The van der Waals surface area contributed by atoms with E-state index in [1.165, 1.54) is 10.6 Å². The first-order chi connectivity index (χ1) is 8.63. The van der Waals surface area contributed by atoms with Crippen molar-refractivity contribution in [2.24, 2.45) is 0 Å². The number of rotatable bonds is 1. The van der Waals surface area contributed by atoms with E-state index in [1.54, 1.807) is 19.1 Å². The van der Waals surface area contributed by atoms with Gasteiger partial charge in [0.1, 0.15) is 0 Å². The summed E-state index contributed by atoms with van der Waals surface area (Å²) < 4.78 is 1.31. The largest absolute Gasteiger partial charge is 0.399 e. The van der Waals surface area contributed by atoms with Crippen LogP contribution in [0.4, 0.5) is 5.69 Å². The van der Waals surface area contributed by atoms with Crippen molar-refractivity contribution < 1.29 is 0 Å². The van der Waals surface area contributed by atoms with Gasteiger partial charge in [0.15, 0.2) is 5.82 Å². The number of hydrogen-bond donors (Lipinski definition) is 2. The summed E-state index contributed by atoms with van der Waals surface area (Å²) in [6, 6.07) is 8.73. The molecule has 2 aromatic heterocycles. The van der Waals surface area contributed by atoms with Gasteiger partial charge >= 0.3 is 0 Å². The number of nitrogen functional groups attached to an aromatic ring is 1. The lowest BCUT2D eigenvalue weighted by Gasteiger charge is -1.96. The number of nitrogens with zero attached hydrogens (tertiary/aromatic N) is 3. The molecule has 0 aliphatic rings. The number of nitrogens with two attached hydrogens (primary N) is 1. The van der Waals surface area contributed by atoms with Gasteiger partial charge in [0, 0.05) is 23.0 Å². The van der Waals surface area contributed by atoms with E-state index in [0.717, 1.165) is 5.56 Å². The lowest BCUT2D eigenvalue weighted by atomic mass is 10.2. The molecule has 90 valence electrons. The van der Waals surface area contributed by atoms with Gasteiger partial charge in [-0.15, -0.1) is 0 Å². The molecule has 0 aliphatic carbocycles. The predicted octanol–water partition coefficient (Wildman–Crippen LogP) is 0.975. The molecule has 3 rings (SSSR count). The molecule has 0 atom stereocenters. The number of fused-ring (bicyclic) bond motifs is 1. The fourth-order valence-corrected chi connectivity index (χ4v) is 1.81. The molecule has 0 unspecified atom stereocenters. The minimum Gasteiger partial charge on any atom is -0.399 e. The van der Waals surface area contributed by atoms with Crippen LogP contribution in [0.25, 0.3) is 17.2 Å². The zero-order valence-electron chi connectivity index (χ0n) is 9.71. The normalized spacial score (nSPS) is 10.9. The first kappa shape index (κ1) is 10.5. The van der Waals surface area contributed by atoms with Gasteiger partial charge in [-0.2, -0.15) is 9.50 Å². The van der Waals surface area contributed by atoms with E-state index in [1.807, 2.05) is 12.1 Å². The van der Waals surface area contributed by atoms with Crippen LogP contribution < -0.4 is 11.3 Å². The van der Waals surface area contributed by atoms with Gasteiger partial charge in [0.2, 0.25) is 0 Å². The first-order valence-corrected chi connectivity index (χ1v) is 5.46. The molecular formula is C12H11N5O. The highest BCUT2D eigenvalue weighted by Gasteiger charge is 2.08. The Hall–Kier alpha value is -2.63. The highest BCUT2D eigenvalue weighted by molar-refractivity contribution is 5.62. The van der Waals surface area contributed by atoms with Crippen molar-refractivity contribution in [3.8, 4) is 11.4 Å². The van der Waals surface area contributed by atoms with Crippen LogP contribution in [0.1, 0.15) is 5.69 Å². The molecular weight excluding hydrogens is 230 g/mol. The third kappa shape index (κ3) is 1.64. The highest BCUT2D eigenvalue weighted by Crippen LogP contribution is 2.17. The van der Waals surface area contributed by atoms with Crippen molar-refractivity contribution >= 4 is 11.5 Å². The van der Waals surface area contributed by atoms with Crippen molar-refractivity contribution in [3.63, 3.8) is 0 Å². The smallest absolute Gasteiger partial charge is 0.274 e. The van der Waals surface area contributed by atoms with Crippen LogP contribution >= 0.6 is 0 Å². The maximum absolute atomic E-state index is 11.7. The summed E-state index contributed by atoms with van der Waals surface area (Å²) in [5.74, 6) is 0.926. The molecule has 0 saturated heterocycles. The molecule has 18 heavy (non-hydrogen) atoms. The van der Waals surface area contributed by atoms with Gasteiger partial charge in [0.25, 0.3) is 11.3 Å². The van der Waals surface area contributed by atoms with Gasteiger partial charge in [-0.1, -0.05) is 12.1 Å². The number of aryl methyl sites for hydroxylation is 1. The van der Waals surface area contributed by atoms with Crippen molar-refractivity contribution in [1.29, 1.82) is 0 Å². The number of benzene rings is 1. The molecule has 0 spiro atoms. The monoisotopic (exact) mass is 241 g/mol. The topological polar surface area (TPSA) is 89.1 Å². The number of H-pyrrole nitrogens is 1. The lowest BCUT2D eigenvalue weighted by Crippen LogP contribution is -2.14. The van der Waals surface area contributed by atoms with Crippen LogP contribution in [-0.4, -0.2) is 19.6 Å². The zero-order valence-corrected chi connectivity index (χ0v) is 9.71. The Morgan fingerprint density at radius 1 is 1.28 bits per heavy atom. The second kappa shape index (κ2) is 3.69. The number of anilines is 1. The van der Waals surface area contributed by atoms with Crippen molar-refractivity contribution in [3.05, 3.63) is 46.4 Å². The highest BCUT2D eigenvalue weighted by atomic mass is 16.1. The lowest BCUT2D eigenvalue weighted by molar-refractivity contribution is 0.892. The summed E-state index contributed by atoms with van der Waals surface area (Å²) in [7, 11) is 0. The summed E-state index contributed by atoms with van der Waals surface area (Å²) in [5.41, 5.74) is 7.64. The Bertz CT molecular complexity index is 787. The predicted molar refractivity (Wildman–Crippen MR) is 68.2 cm³/mol. The number of aromatic nitrogens is 4. The summed E-state index contributed by atoms with van der Waals surface area (Å²) in [4.78, 5) is 20.2. The molecule has 1 aromatic carbocycles. The number of hydrogen-bond acceptors (Lipinski definition) is 4. The quantitative estimate of drug-likeness (QED) is 0.621. The standard InChI is InChI=1S/C12H11N5O/c1-7-5-10(18)17-12(14-7)15-11(16-17)8-3-2-4-9(13)6-8/h2-6H,13H2,1H3,(H,14,15,16). The fourth-order valence-electron chi connectivity index (χ4n) is 1.81. The summed E-state index contributed by atoms with van der Waals surface area (Å²) >= 11 is 0. The maximum atomic E-state index is 11.7. The molecule has 0 aliphatic heterocycles. The van der Waals surface area contributed by atoms with E-state index in [9.17, 15) is 4.79 Å². The molecule has 6 nitrogen and oxygen atoms in total. The zero-order chi connectivity index (χ0) is 12.7. The number of nitrogens with one attached hydrogen (secondary N) is 1. The summed E-state index contributed by atoms with van der Waals surface area (Å²) in [6.45, 7) is 1.76. The Balaban J connectivity index is 2.26. The van der Waals surface area contributed by atoms with Crippen molar-refractivity contribution in [1.82, 2.24) is 19.6 Å². The second-order valence-electron chi connectivity index (χ2n) is 4.07. The van der Waals surface area contributed by atoms with Crippen molar-refractivity contribution in [2.75, 3.05) is 5.73 Å². The molecule has 0 fully saturated rings. The van der Waals surface area contributed by atoms with Crippen LogP contribution in [-0.2, 0) is 0 Å². The SMILES string of the molecule is Cc1cc(=O)n2[nH]c(-c3cccc(N)c3)nc2n1. The van der Waals surface area contributed by atoms with E-state index < -0.39 is 0 Å². The third-order valence-electron chi connectivity index (χ3n) is 2.62. The summed E-state index contributed by atoms with van der Waals surface area (Å²) in [6.07, 6.45) is 0. The minimum absolute atomic E-state index is 0.180. The van der Waals surface area contributed by atoms with Crippen LogP contribution in [0, 0.1) is 6.92 Å². The second-order valence-corrected chi connectivity index (χ2v) is 4.07. The van der Waals surface area contributed by atoms with Crippen LogP contribution in [0.2, 0.25) is 0 Å².